The van der Waals surface area contributed by atoms with Crippen LogP contribution >= 0.6 is 23.2 Å². The number of carbonyl (C=O) groups is 2. The van der Waals surface area contributed by atoms with E-state index < -0.39 is 35.1 Å². The van der Waals surface area contributed by atoms with E-state index in [0.717, 1.165) is 17.0 Å². The molecule has 3 aromatic carbocycles. The molecule has 0 aliphatic carbocycles. The maximum atomic E-state index is 14.6. The quantitative estimate of drug-likeness (QED) is 0.293. The summed E-state index contributed by atoms with van der Waals surface area (Å²) in [7, 11) is 0. The molecular formula is C23H13Cl2F2NO4. The van der Waals surface area contributed by atoms with Crippen LogP contribution in [0.5, 0.6) is 5.75 Å². The van der Waals surface area contributed by atoms with E-state index >= 15 is 0 Å². The third-order valence-corrected chi connectivity index (χ3v) is 5.75. The molecule has 1 saturated heterocycles. The first-order chi connectivity index (χ1) is 15.2. The van der Waals surface area contributed by atoms with Crippen LogP contribution in [0.4, 0.5) is 14.5 Å². The molecule has 1 atom stereocenters. The molecule has 0 spiro atoms. The number of anilines is 1. The standard InChI is InChI=1S/C23H13Cl2F2NO4/c24-15-7-3-12(9-16(15)25)21(30)19-20(11-1-5-14(29)6-2-11)28(23(32)22(19)31)18-8-4-13(26)10-17(18)27/h1-10,20,29-30H/b21-19+. The molecule has 0 bridgehead atoms. The lowest BCUT2D eigenvalue weighted by Gasteiger charge is -2.25. The predicted molar refractivity (Wildman–Crippen MR) is 116 cm³/mol. The molecule has 1 amide bonds. The van der Waals surface area contributed by atoms with Gasteiger partial charge in [0.15, 0.2) is 0 Å². The van der Waals surface area contributed by atoms with Gasteiger partial charge in [0.25, 0.3) is 11.7 Å². The van der Waals surface area contributed by atoms with Crippen molar-refractivity contribution in [3.05, 3.63) is 99.0 Å². The number of hydrogen-bond donors (Lipinski definition) is 2. The summed E-state index contributed by atoms with van der Waals surface area (Å²) < 4.78 is 28.1. The lowest BCUT2D eigenvalue weighted by molar-refractivity contribution is -0.132. The SMILES string of the molecule is O=C1C(=O)N(c2ccc(F)cc2F)C(c2ccc(O)cc2)/C1=C(\O)c1ccc(Cl)c(Cl)c1. The van der Waals surface area contributed by atoms with Gasteiger partial charge in [-0.15, -0.1) is 0 Å². The number of ketones is 1. The summed E-state index contributed by atoms with van der Waals surface area (Å²) in [5, 5.41) is 20.9. The maximum Gasteiger partial charge on any atom is 0.300 e. The van der Waals surface area contributed by atoms with Crippen LogP contribution in [-0.4, -0.2) is 21.9 Å². The molecule has 5 nitrogen and oxygen atoms in total. The number of aliphatic hydroxyl groups excluding tert-OH is 1. The van der Waals surface area contributed by atoms with Crippen LogP contribution < -0.4 is 4.90 Å². The molecule has 1 heterocycles. The summed E-state index contributed by atoms with van der Waals surface area (Å²) in [5.74, 6) is -4.75. The summed E-state index contributed by atoms with van der Waals surface area (Å²) in [4.78, 5) is 26.7. The number of phenols is 1. The van der Waals surface area contributed by atoms with Gasteiger partial charge in [-0.25, -0.2) is 8.78 Å². The Hall–Kier alpha value is -3.42. The molecule has 0 radical (unpaired) electrons. The Kier molecular flexibility index (Phi) is 5.62. The molecule has 0 saturated carbocycles. The van der Waals surface area contributed by atoms with E-state index in [1.165, 1.54) is 42.5 Å². The zero-order valence-electron chi connectivity index (χ0n) is 16.0. The number of Topliss-reactive ketones (excluding diaryl/α,β-unsaturated/α-hetero) is 1. The summed E-state index contributed by atoms with van der Waals surface area (Å²) in [6.07, 6.45) is 0. The zero-order chi connectivity index (χ0) is 23.2. The number of benzene rings is 3. The minimum atomic E-state index is -1.26. The highest BCUT2D eigenvalue weighted by Gasteiger charge is 2.47. The molecule has 2 N–H and O–H groups in total. The highest BCUT2D eigenvalue weighted by Crippen LogP contribution is 2.43. The van der Waals surface area contributed by atoms with E-state index in [1.807, 2.05) is 0 Å². The number of nitrogens with zero attached hydrogens (tertiary/aromatic N) is 1. The van der Waals surface area contributed by atoms with Crippen LogP contribution in [0.15, 0.2) is 66.2 Å². The summed E-state index contributed by atoms with van der Waals surface area (Å²) in [6.45, 7) is 0. The normalized spacial score (nSPS) is 17.8. The fourth-order valence-corrected chi connectivity index (χ4v) is 3.83. The summed E-state index contributed by atoms with van der Waals surface area (Å²) >= 11 is 11.9. The van der Waals surface area contributed by atoms with Gasteiger partial charge in [0.2, 0.25) is 0 Å². The van der Waals surface area contributed by atoms with E-state index in [4.69, 9.17) is 23.2 Å². The van der Waals surface area contributed by atoms with Gasteiger partial charge >= 0.3 is 0 Å². The van der Waals surface area contributed by atoms with Crippen molar-refractivity contribution in [2.24, 2.45) is 0 Å². The van der Waals surface area contributed by atoms with E-state index in [9.17, 15) is 28.6 Å². The predicted octanol–water partition coefficient (Wildman–Crippen LogP) is 5.60. The molecular weight excluding hydrogens is 463 g/mol. The Balaban J connectivity index is 1.97. The van der Waals surface area contributed by atoms with E-state index in [-0.39, 0.29) is 32.6 Å². The van der Waals surface area contributed by atoms with Crippen LogP contribution in [0, 0.1) is 11.6 Å². The van der Waals surface area contributed by atoms with Crippen molar-refractivity contribution in [2.75, 3.05) is 4.90 Å². The van der Waals surface area contributed by atoms with Crippen molar-refractivity contribution in [3.8, 4) is 5.75 Å². The van der Waals surface area contributed by atoms with Crippen molar-refractivity contribution in [1.82, 2.24) is 0 Å². The molecule has 1 fully saturated rings. The Labute approximate surface area is 190 Å². The number of phenolic OH excluding ortho intramolecular Hbond substituents is 1. The fraction of sp³-hybridized carbons (Fsp3) is 0.0435. The third-order valence-electron chi connectivity index (χ3n) is 5.02. The van der Waals surface area contributed by atoms with Gasteiger partial charge < -0.3 is 10.2 Å². The fourth-order valence-electron chi connectivity index (χ4n) is 3.53. The first-order valence-corrected chi connectivity index (χ1v) is 9.95. The highest BCUT2D eigenvalue weighted by molar-refractivity contribution is 6.51. The molecule has 1 unspecified atom stereocenters. The number of amides is 1. The number of aliphatic hydroxyl groups is 1. The van der Waals surface area contributed by atoms with Crippen molar-refractivity contribution < 1.29 is 28.6 Å². The minimum absolute atomic E-state index is 0.0804. The Morgan fingerprint density at radius 3 is 2.22 bits per heavy atom. The van der Waals surface area contributed by atoms with Gasteiger partial charge in [0.1, 0.15) is 23.1 Å². The largest absolute Gasteiger partial charge is 0.508 e. The molecule has 162 valence electrons. The van der Waals surface area contributed by atoms with Crippen molar-refractivity contribution in [1.29, 1.82) is 0 Å². The Morgan fingerprint density at radius 1 is 0.906 bits per heavy atom. The number of aromatic hydroxyl groups is 1. The monoisotopic (exact) mass is 475 g/mol. The second-order valence-corrected chi connectivity index (χ2v) is 7.80. The van der Waals surface area contributed by atoms with Crippen LogP contribution in [-0.2, 0) is 9.59 Å². The molecule has 1 aliphatic rings. The van der Waals surface area contributed by atoms with Gasteiger partial charge in [-0.05, 0) is 48.0 Å². The molecule has 0 aromatic heterocycles. The molecule has 4 rings (SSSR count). The van der Waals surface area contributed by atoms with Gasteiger partial charge in [0.05, 0.1) is 27.3 Å². The van der Waals surface area contributed by atoms with Crippen LogP contribution in [0.2, 0.25) is 10.0 Å². The smallest absolute Gasteiger partial charge is 0.300 e. The highest BCUT2D eigenvalue weighted by atomic mass is 35.5. The number of carbonyl (C=O) groups excluding carboxylic acids is 2. The van der Waals surface area contributed by atoms with Crippen molar-refractivity contribution in [3.63, 3.8) is 0 Å². The average Bonchev–Trinajstić information content (AvgIpc) is 3.01. The Bertz CT molecular complexity index is 1290. The van der Waals surface area contributed by atoms with Gasteiger partial charge in [0, 0.05) is 11.6 Å². The summed E-state index contributed by atoms with van der Waals surface area (Å²) in [6, 6.07) is 10.9. The van der Waals surface area contributed by atoms with E-state index in [0.29, 0.717) is 11.6 Å². The van der Waals surface area contributed by atoms with Crippen molar-refractivity contribution in [2.45, 2.75) is 6.04 Å². The zero-order valence-corrected chi connectivity index (χ0v) is 17.5. The summed E-state index contributed by atoms with van der Waals surface area (Å²) in [5.41, 5.74) is -0.268. The number of hydrogen-bond acceptors (Lipinski definition) is 4. The van der Waals surface area contributed by atoms with E-state index in [1.54, 1.807) is 0 Å². The minimum Gasteiger partial charge on any atom is -0.508 e. The molecule has 3 aromatic rings. The number of rotatable bonds is 3. The lowest BCUT2D eigenvalue weighted by Crippen LogP contribution is -2.30. The Morgan fingerprint density at radius 2 is 1.59 bits per heavy atom. The molecule has 32 heavy (non-hydrogen) atoms. The van der Waals surface area contributed by atoms with Crippen LogP contribution in [0.3, 0.4) is 0 Å². The van der Waals surface area contributed by atoms with Gasteiger partial charge in [-0.2, -0.15) is 0 Å². The molecule has 1 aliphatic heterocycles. The van der Waals surface area contributed by atoms with Crippen molar-refractivity contribution >= 4 is 46.3 Å². The number of halogens is 4. The van der Waals surface area contributed by atoms with Crippen LogP contribution in [0.25, 0.3) is 5.76 Å². The first kappa shape index (κ1) is 21.8. The van der Waals surface area contributed by atoms with Gasteiger partial charge in [-0.3, -0.25) is 14.5 Å². The topological polar surface area (TPSA) is 77.8 Å². The third kappa shape index (κ3) is 3.70. The lowest BCUT2D eigenvalue weighted by atomic mass is 9.95. The second kappa shape index (κ2) is 8.26. The maximum absolute atomic E-state index is 14.6. The van der Waals surface area contributed by atoms with Crippen LogP contribution in [0.1, 0.15) is 17.2 Å². The van der Waals surface area contributed by atoms with Gasteiger partial charge in [-0.1, -0.05) is 35.3 Å². The molecule has 9 heteroatoms. The first-order valence-electron chi connectivity index (χ1n) is 9.19. The van der Waals surface area contributed by atoms with E-state index in [2.05, 4.69) is 0 Å². The second-order valence-electron chi connectivity index (χ2n) is 6.99. The average molecular weight is 476 g/mol.